The van der Waals surface area contributed by atoms with E-state index in [1.54, 1.807) is 12.1 Å². The van der Waals surface area contributed by atoms with Gasteiger partial charge in [0.25, 0.3) is 0 Å². The fraction of sp³-hybridized carbons (Fsp3) is 0.294. The average Bonchev–Trinajstić information content (AvgIpc) is 2.44. The van der Waals surface area contributed by atoms with Gasteiger partial charge < -0.3 is 5.32 Å². The molecule has 0 amide bonds. The molecule has 0 saturated carbocycles. The van der Waals surface area contributed by atoms with E-state index < -0.39 is 0 Å². The number of nitrogens with one attached hydrogen (secondary N) is 1. The normalized spacial score (nSPS) is 10.6. The molecule has 19 heavy (non-hydrogen) atoms. The molecule has 2 rings (SSSR count). The smallest absolute Gasteiger partial charge is 0.123 e. The average molecular weight is 257 g/mol. The third-order valence-electron chi connectivity index (χ3n) is 3.24. The molecule has 2 aromatic carbocycles. The van der Waals surface area contributed by atoms with Crippen molar-refractivity contribution in [1.29, 1.82) is 0 Å². The second-order valence-electron chi connectivity index (χ2n) is 4.73. The minimum atomic E-state index is -0.160. The van der Waals surface area contributed by atoms with Crippen LogP contribution in [0.3, 0.4) is 0 Å². The van der Waals surface area contributed by atoms with Crippen molar-refractivity contribution in [2.75, 3.05) is 6.54 Å². The van der Waals surface area contributed by atoms with Crippen LogP contribution in [0.15, 0.2) is 48.5 Å². The fourth-order valence-corrected chi connectivity index (χ4v) is 2.05. The Hall–Kier alpha value is -1.67. The Labute approximate surface area is 114 Å². The van der Waals surface area contributed by atoms with E-state index in [0.717, 1.165) is 31.5 Å². The highest BCUT2D eigenvalue weighted by atomic mass is 19.1. The highest BCUT2D eigenvalue weighted by molar-refractivity contribution is 5.22. The van der Waals surface area contributed by atoms with Gasteiger partial charge in [-0.1, -0.05) is 43.3 Å². The topological polar surface area (TPSA) is 12.0 Å². The predicted molar refractivity (Wildman–Crippen MR) is 77.6 cm³/mol. The van der Waals surface area contributed by atoms with Gasteiger partial charge in [0, 0.05) is 6.54 Å². The molecule has 0 aliphatic heterocycles. The van der Waals surface area contributed by atoms with E-state index in [-0.39, 0.29) is 5.82 Å². The standard InChI is InChI=1S/C17H20FN/c1-2-14-6-8-16(9-7-14)13-19-11-10-15-4-3-5-17(18)12-15/h3-9,12,19H,2,10-11,13H2,1H3. The molecular formula is C17H20FN. The Bertz CT molecular complexity index is 505. The summed E-state index contributed by atoms with van der Waals surface area (Å²) in [5.74, 6) is -0.160. The van der Waals surface area contributed by atoms with Crippen LogP contribution in [0.4, 0.5) is 4.39 Å². The first-order chi connectivity index (χ1) is 9.28. The van der Waals surface area contributed by atoms with Crippen molar-refractivity contribution in [1.82, 2.24) is 5.32 Å². The molecule has 0 heterocycles. The summed E-state index contributed by atoms with van der Waals surface area (Å²) in [6.07, 6.45) is 1.93. The second-order valence-corrected chi connectivity index (χ2v) is 4.73. The summed E-state index contributed by atoms with van der Waals surface area (Å²) in [7, 11) is 0. The van der Waals surface area contributed by atoms with Crippen LogP contribution in [-0.4, -0.2) is 6.54 Å². The van der Waals surface area contributed by atoms with Gasteiger partial charge in [0.1, 0.15) is 5.82 Å². The minimum absolute atomic E-state index is 0.160. The molecule has 0 unspecified atom stereocenters. The molecule has 100 valence electrons. The van der Waals surface area contributed by atoms with Gasteiger partial charge in [-0.05, 0) is 48.2 Å². The van der Waals surface area contributed by atoms with Gasteiger partial charge in [0.15, 0.2) is 0 Å². The summed E-state index contributed by atoms with van der Waals surface area (Å²) in [6, 6.07) is 15.5. The van der Waals surface area contributed by atoms with Crippen LogP contribution in [0.1, 0.15) is 23.6 Å². The summed E-state index contributed by atoms with van der Waals surface area (Å²) < 4.78 is 13.0. The second kappa shape index (κ2) is 7.05. The first-order valence-electron chi connectivity index (χ1n) is 6.81. The quantitative estimate of drug-likeness (QED) is 0.778. The first-order valence-corrected chi connectivity index (χ1v) is 6.81. The molecule has 0 aliphatic rings. The molecule has 0 bridgehead atoms. The van der Waals surface area contributed by atoms with Crippen LogP contribution in [0, 0.1) is 5.82 Å². The Kier molecular flexibility index (Phi) is 5.10. The summed E-state index contributed by atoms with van der Waals surface area (Å²) in [4.78, 5) is 0. The SMILES string of the molecule is CCc1ccc(CNCCc2cccc(F)c2)cc1. The van der Waals surface area contributed by atoms with E-state index in [1.807, 2.05) is 6.07 Å². The fourth-order valence-electron chi connectivity index (χ4n) is 2.05. The largest absolute Gasteiger partial charge is 0.312 e. The van der Waals surface area contributed by atoms with Crippen molar-refractivity contribution >= 4 is 0 Å². The molecule has 0 fully saturated rings. The summed E-state index contributed by atoms with van der Waals surface area (Å²) in [5, 5.41) is 3.38. The lowest BCUT2D eigenvalue weighted by atomic mass is 10.1. The highest BCUT2D eigenvalue weighted by Crippen LogP contribution is 2.06. The zero-order valence-corrected chi connectivity index (χ0v) is 11.3. The van der Waals surface area contributed by atoms with E-state index in [2.05, 4.69) is 36.5 Å². The lowest BCUT2D eigenvalue weighted by Gasteiger charge is -2.06. The van der Waals surface area contributed by atoms with Gasteiger partial charge >= 0.3 is 0 Å². The maximum atomic E-state index is 13.0. The lowest BCUT2D eigenvalue weighted by molar-refractivity contribution is 0.622. The molecule has 0 radical (unpaired) electrons. The van der Waals surface area contributed by atoms with Crippen molar-refractivity contribution in [3.63, 3.8) is 0 Å². The lowest BCUT2D eigenvalue weighted by Crippen LogP contribution is -2.16. The van der Waals surface area contributed by atoms with Gasteiger partial charge in [-0.25, -0.2) is 4.39 Å². The molecule has 0 aliphatic carbocycles. The van der Waals surface area contributed by atoms with E-state index in [9.17, 15) is 4.39 Å². The Morgan fingerprint density at radius 3 is 2.37 bits per heavy atom. The monoisotopic (exact) mass is 257 g/mol. The predicted octanol–water partition coefficient (Wildman–Crippen LogP) is 3.72. The number of rotatable bonds is 6. The number of hydrogen-bond donors (Lipinski definition) is 1. The van der Waals surface area contributed by atoms with Crippen molar-refractivity contribution in [3.05, 3.63) is 71.0 Å². The van der Waals surface area contributed by atoms with Crippen molar-refractivity contribution in [2.24, 2.45) is 0 Å². The van der Waals surface area contributed by atoms with E-state index in [4.69, 9.17) is 0 Å². The number of aryl methyl sites for hydroxylation is 1. The first kappa shape index (κ1) is 13.8. The van der Waals surface area contributed by atoms with Gasteiger partial charge in [-0.15, -0.1) is 0 Å². The van der Waals surface area contributed by atoms with Crippen molar-refractivity contribution in [2.45, 2.75) is 26.3 Å². The van der Waals surface area contributed by atoms with E-state index in [1.165, 1.54) is 17.2 Å². The zero-order chi connectivity index (χ0) is 13.5. The summed E-state index contributed by atoms with van der Waals surface area (Å²) in [6.45, 7) is 3.88. The molecule has 1 nitrogen and oxygen atoms in total. The molecular weight excluding hydrogens is 237 g/mol. The molecule has 1 N–H and O–H groups in total. The third kappa shape index (κ3) is 4.49. The number of benzene rings is 2. The molecule has 2 heteroatoms. The molecule has 0 spiro atoms. The highest BCUT2D eigenvalue weighted by Gasteiger charge is 1.96. The minimum Gasteiger partial charge on any atom is -0.312 e. The molecule has 0 aromatic heterocycles. The maximum Gasteiger partial charge on any atom is 0.123 e. The third-order valence-corrected chi connectivity index (χ3v) is 3.24. The molecule has 2 aromatic rings. The van der Waals surface area contributed by atoms with Crippen LogP contribution in [0.25, 0.3) is 0 Å². The number of hydrogen-bond acceptors (Lipinski definition) is 1. The Morgan fingerprint density at radius 2 is 1.68 bits per heavy atom. The van der Waals surface area contributed by atoms with Crippen LogP contribution < -0.4 is 5.32 Å². The summed E-state index contributed by atoms with van der Waals surface area (Å²) >= 11 is 0. The van der Waals surface area contributed by atoms with Crippen molar-refractivity contribution < 1.29 is 4.39 Å². The van der Waals surface area contributed by atoms with Crippen LogP contribution in [0.5, 0.6) is 0 Å². The van der Waals surface area contributed by atoms with Crippen LogP contribution in [-0.2, 0) is 19.4 Å². The maximum absolute atomic E-state index is 13.0. The summed E-state index contributed by atoms with van der Waals surface area (Å²) in [5.41, 5.74) is 3.69. The van der Waals surface area contributed by atoms with E-state index in [0.29, 0.717) is 0 Å². The molecule has 0 saturated heterocycles. The van der Waals surface area contributed by atoms with Crippen LogP contribution >= 0.6 is 0 Å². The van der Waals surface area contributed by atoms with Crippen LogP contribution in [0.2, 0.25) is 0 Å². The Balaban J connectivity index is 1.74. The molecule has 0 atom stereocenters. The van der Waals surface area contributed by atoms with E-state index >= 15 is 0 Å². The van der Waals surface area contributed by atoms with Gasteiger partial charge in [-0.2, -0.15) is 0 Å². The van der Waals surface area contributed by atoms with Gasteiger partial charge in [0.2, 0.25) is 0 Å². The Morgan fingerprint density at radius 1 is 0.947 bits per heavy atom. The zero-order valence-electron chi connectivity index (χ0n) is 11.3. The van der Waals surface area contributed by atoms with Gasteiger partial charge in [-0.3, -0.25) is 0 Å². The van der Waals surface area contributed by atoms with Crippen molar-refractivity contribution in [3.8, 4) is 0 Å². The number of halogens is 1. The van der Waals surface area contributed by atoms with Gasteiger partial charge in [0.05, 0.1) is 0 Å².